The fourth-order valence-corrected chi connectivity index (χ4v) is 3.44. The van der Waals surface area contributed by atoms with Gasteiger partial charge in [-0.15, -0.1) is 0 Å². The first-order valence-electron chi connectivity index (χ1n) is 9.08. The number of aliphatic hydroxyl groups is 4. The molecule has 0 aromatic heterocycles. The maximum atomic E-state index is 10.5. The van der Waals surface area contributed by atoms with Crippen LogP contribution in [-0.4, -0.2) is 57.6 Å². The first kappa shape index (κ1) is 19.9. The molecule has 0 heterocycles. The van der Waals surface area contributed by atoms with Gasteiger partial charge in [-0.25, -0.2) is 0 Å². The van der Waals surface area contributed by atoms with E-state index in [4.69, 9.17) is 9.47 Å². The van der Waals surface area contributed by atoms with Crippen molar-refractivity contribution in [3.05, 3.63) is 71.8 Å². The van der Waals surface area contributed by atoms with Gasteiger partial charge < -0.3 is 29.9 Å². The van der Waals surface area contributed by atoms with Crippen molar-refractivity contribution in [1.29, 1.82) is 0 Å². The van der Waals surface area contributed by atoms with Gasteiger partial charge in [0.25, 0.3) is 0 Å². The molecule has 1 aliphatic rings. The van der Waals surface area contributed by atoms with Crippen LogP contribution in [0.3, 0.4) is 0 Å². The summed E-state index contributed by atoms with van der Waals surface area (Å²) in [6.07, 6.45) is -5.70. The lowest BCUT2D eigenvalue weighted by molar-refractivity contribution is -0.240. The van der Waals surface area contributed by atoms with Crippen molar-refractivity contribution in [2.45, 2.75) is 43.7 Å². The topological polar surface area (TPSA) is 99.4 Å². The second-order valence-corrected chi connectivity index (χ2v) is 6.84. The van der Waals surface area contributed by atoms with Gasteiger partial charge in [-0.3, -0.25) is 0 Å². The second-order valence-electron chi connectivity index (χ2n) is 6.84. The molecule has 0 bridgehead atoms. The van der Waals surface area contributed by atoms with Gasteiger partial charge in [0.2, 0.25) is 0 Å². The molecule has 2 aromatic carbocycles. The molecule has 1 fully saturated rings. The van der Waals surface area contributed by atoms with E-state index < -0.39 is 43.0 Å². The SMILES string of the molecule is OC[C@H]1[C@@H](O)[C@H](O)[C@H](O)[C@H](OCc2ccccc2)[C@@H]1OCc1ccccc1. The minimum absolute atomic E-state index is 0.217. The van der Waals surface area contributed by atoms with Crippen molar-refractivity contribution in [3.8, 4) is 0 Å². The van der Waals surface area contributed by atoms with Crippen LogP contribution in [0.4, 0.5) is 0 Å². The minimum atomic E-state index is -1.42. The van der Waals surface area contributed by atoms with Gasteiger partial charge >= 0.3 is 0 Å². The lowest BCUT2D eigenvalue weighted by Gasteiger charge is -2.45. The predicted octanol–water partition coefficient (Wildman–Crippen LogP) is 0.862. The first-order valence-corrected chi connectivity index (χ1v) is 9.08. The average molecular weight is 374 g/mol. The quantitative estimate of drug-likeness (QED) is 0.574. The number of hydrogen-bond donors (Lipinski definition) is 4. The maximum absolute atomic E-state index is 10.5. The van der Waals surface area contributed by atoms with Crippen LogP contribution in [0.15, 0.2) is 60.7 Å². The van der Waals surface area contributed by atoms with Gasteiger partial charge in [0.15, 0.2) is 0 Å². The van der Waals surface area contributed by atoms with Crippen molar-refractivity contribution in [2.75, 3.05) is 6.61 Å². The number of ether oxygens (including phenoxy) is 2. The Balaban J connectivity index is 1.76. The zero-order chi connectivity index (χ0) is 19.2. The molecular formula is C21H26O6. The van der Waals surface area contributed by atoms with E-state index in [1.165, 1.54) is 0 Å². The summed E-state index contributed by atoms with van der Waals surface area (Å²) in [6.45, 7) is 0.0626. The van der Waals surface area contributed by atoms with Crippen LogP contribution in [0.5, 0.6) is 0 Å². The smallest absolute Gasteiger partial charge is 0.113 e. The van der Waals surface area contributed by atoms with E-state index in [9.17, 15) is 20.4 Å². The molecule has 0 unspecified atom stereocenters. The van der Waals surface area contributed by atoms with Crippen LogP contribution in [-0.2, 0) is 22.7 Å². The Kier molecular flexibility index (Phi) is 6.95. The number of hydrogen-bond acceptors (Lipinski definition) is 6. The van der Waals surface area contributed by atoms with E-state index >= 15 is 0 Å². The summed E-state index contributed by atoms with van der Waals surface area (Å²) in [5, 5.41) is 40.7. The molecule has 0 aliphatic heterocycles. The van der Waals surface area contributed by atoms with Crippen molar-refractivity contribution < 1.29 is 29.9 Å². The van der Waals surface area contributed by atoms with Crippen LogP contribution in [0.1, 0.15) is 11.1 Å². The molecule has 4 N–H and O–H groups in total. The Morgan fingerprint density at radius 2 is 1.11 bits per heavy atom. The van der Waals surface area contributed by atoms with E-state index in [-0.39, 0.29) is 13.2 Å². The summed E-state index contributed by atoms with van der Waals surface area (Å²) >= 11 is 0. The third kappa shape index (κ3) is 4.73. The molecular weight excluding hydrogens is 348 g/mol. The summed E-state index contributed by atoms with van der Waals surface area (Å²) in [4.78, 5) is 0. The van der Waals surface area contributed by atoms with E-state index in [1.54, 1.807) is 0 Å². The summed E-state index contributed by atoms with van der Waals surface area (Å²) in [6, 6.07) is 18.9. The summed E-state index contributed by atoms with van der Waals surface area (Å²) in [5.41, 5.74) is 1.83. The molecule has 0 radical (unpaired) electrons. The Labute approximate surface area is 158 Å². The van der Waals surface area contributed by atoms with Crippen molar-refractivity contribution >= 4 is 0 Å². The van der Waals surface area contributed by atoms with E-state index in [1.807, 2.05) is 60.7 Å². The van der Waals surface area contributed by atoms with Crippen molar-refractivity contribution in [1.82, 2.24) is 0 Å². The van der Waals surface area contributed by atoms with Crippen LogP contribution < -0.4 is 0 Å². The Morgan fingerprint density at radius 1 is 0.630 bits per heavy atom. The second kappa shape index (κ2) is 9.41. The normalized spacial score (nSPS) is 31.0. The monoisotopic (exact) mass is 374 g/mol. The van der Waals surface area contributed by atoms with Crippen LogP contribution in [0.25, 0.3) is 0 Å². The zero-order valence-electron chi connectivity index (χ0n) is 15.0. The number of aliphatic hydroxyl groups excluding tert-OH is 4. The molecule has 27 heavy (non-hydrogen) atoms. The predicted molar refractivity (Wildman–Crippen MR) is 98.6 cm³/mol. The molecule has 3 rings (SSSR count). The molecule has 0 spiro atoms. The number of benzene rings is 2. The molecule has 6 atom stereocenters. The van der Waals surface area contributed by atoms with E-state index in [2.05, 4.69) is 0 Å². The van der Waals surface area contributed by atoms with Gasteiger partial charge in [-0.2, -0.15) is 0 Å². The fraction of sp³-hybridized carbons (Fsp3) is 0.429. The zero-order valence-corrected chi connectivity index (χ0v) is 15.0. The highest BCUT2D eigenvalue weighted by molar-refractivity contribution is 5.15. The van der Waals surface area contributed by atoms with Crippen molar-refractivity contribution in [2.24, 2.45) is 5.92 Å². The maximum Gasteiger partial charge on any atom is 0.113 e. The van der Waals surface area contributed by atoms with Crippen molar-refractivity contribution in [3.63, 3.8) is 0 Å². The standard InChI is InChI=1S/C21H26O6/c22-11-16-17(23)18(24)19(25)21(27-13-15-9-5-2-6-10-15)20(16)26-12-14-7-3-1-4-8-14/h1-10,16-25H,11-13H2/t16-,17+,18-,19-,20+,21-/m0/s1. The third-order valence-electron chi connectivity index (χ3n) is 5.00. The lowest BCUT2D eigenvalue weighted by atomic mass is 9.78. The highest BCUT2D eigenvalue weighted by Gasteiger charge is 2.50. The Morgan fingerprint density at radius 3 is 1.59 bits per heavy atom. The molecule has 1 saturated carbocycles. The Bertz CT molecular complexity index is 680. The lowest BCUT2D eigenvalue weighted by Crippen LogP contribution is -2.63. The Hall–Kier alpha value is -1.80. The van der Waals surface area contributed by atoms with Gasteiger partial charge in [0.1, 0.15) is 18.3 Å². The van der Waals surface area contributed by atoms with E-state index in [0.717, 1.165) is 11.1 Å². The highest BCUT2D eigenvalue weighted by atomic mass is 16.6. The molecule has 6 nitrogen and oxygen atoms in total. The molecule has 2 aromatic rings. The highest BCUT2D eigenvalue weighted by Crippen LogP contribution is 2.31. The molecule has 146 valence electrons. The van der Waals surface area contributed by atoms with Gasteiger partial charge in [-0.05, 0) is 11.1 Å². The van der Waals surface area contributed by atoms with Gasteiger partial charge in [0.05, 0.1) is 32.0 Å². The molecule has 1 aliphatic carbocycles. The largest absolute Gasteiger partial charge is 0.396 e. The third-order valence-corrected chi connectivity index (χ3v) is 5.00. The van der Waals surface area contributed by atoms with Crippen LogP contribution in [0.2, 0.25) is 0 Å². The molecule has 6 heteroatoms. The summed E-state index contributed by atoms with van der Waals surface area (Å²) < 4.78 is 11.8. The fourth-order valence-electron chi connectivity index (χ4n) is 3.44. The molecule has 0 amide bonds. The van der Waals surface area contributed by atoms with Gasteiger partial charge in [-0.1, -0.05) is 60.7 Å². The van der Waals surface area contributed by atoms with Gasteiger partial charge in [0, 0.05) is 5.92 Å². The van der Waals surface area contributed by atoms with Crippen LogP contribution in [0, 0.1) is 5.92 Å². The van der Waals surface area contributed by atoms with E-state index in [0.29, 0.717) is 0 Å². The summed E-state index contributed by atoms with van der Waals surface area (Å²) in [5.74, 6) is -0.770. The number of rotatable bonds is 7. The van der Waals surface area contributed by atoms with Crippen LogP contribution >= 0.6 is 0 Å². The minimum Gasteiger partial charge on any atom is -0.396 e. The summed E-state index contributed by atoms with van der Waals surface area (Å²) in [7, 11) is 0. The average Bonchev–Trinajstić information content (AvgIpc) is 2.71. The first-order chi connectivity index (χ1) is 13.1. The molecule has 0 saturated heterocycles.